The minimum absolute atomic E-state index is 0.0429. The molecule has 0 aliphatic carbocycles. The maximum atomic E-state index is 12.1. The van der Waals surface area contributed by atoms with E-state index in [1.165, 1.54) is 0 Å². The van der Waals surface area contributed by atoms with Gasteiger partial charge in [0, 0.05) is 30.0 Å². The first-order chi connectivity index (χ1) is 11.1. The highest BCUT2D eigenvalue weighted by Crippen LogP contribution is 2.30. The lowest BCUT2D eigenvalue weighted by Crippen LogP contribution is -2.26. The quantitative estimate of drug-likeness (QED) is 0.821. The molecule has 6 heteroatoms. The second-order valence-corrected chi connectivity index (χ2v) is 5.30. The molecule has 0 saturated carbocycles. The Labute approximate surface area is 134 Å². The predicted octanol–water partition coefficient (Wildman–Crippen LogP) is 2.35. The maximum absolute atomic E-state index is 12.1. The van der Waals surface area contributed by atoms with Gasteiger partial charge >= 0.3 is 0 Å². The second kappa shape index (κ2) is 7.67. The molecule has 0 saturated heterocycles. The lowest BCUT2D eigenvalue weighted by molar-refractivity contribution is -0.121. The van der Waals surface area contributed by atoms with Crippen molar-refractivity contribution in [2.75, 3.05) is 14.2 Å². The van der Waals surface area contributed by atoms with E-state index in [4.69, 9.17) is 9.47 Å². The van der Waals surface area contributed by atoms with Gasteiger partial charge in [0.15, 0.2) is 11.5 Å². The van der Waals surface area contributed by atoms with Gasteiger partial charge in [-0.2, -0.15) is 0 Å². The molecule has 0 radical (unpaired) electrons. The number of aromatic nitrogens is 1. The molecular weight excluding hydrogens is 296 g/mol. The topological polar surface area (TPSA) is 80.4 Å². The fraction of sp³-hybridized carbons (Fsp3) is 0.412. The average molecular weight is 318 g/mol. The van der Waals surface area contributed by atoms with Gasteiger partial charge in [-0.05, 0) is 18.6 Å². The van der Waals surface area contributed by atoms with Gasteiger partial charge < -0.3 is 19.8 Å². The minimum Gasteiger partial charge on any atom is -0.493 e. The number of amides is 1. The van der Waals surface area contributed by atoms with Crippen molar-refractivity contribution in [3.05, 3.63) is 34.1 Å². The smallest absolute Gasteiger partial charge is 0.253 e. The molecule has 1 aromatic carbocycles. The normalized spacial score (nSPS) is 10.6. The Balaban J connectivity index is 2.26. The number of methoxy groups -OCH3 is 2. The number of hydrogen-bond acceptors (Lipinski definition) is 4. The van der Waals surface area contributed by atoms with Crippen molar-refractivity contribution in [1.29, 1.82) is 0 Å². The van der Waals surface area contributed by atoms with Crippen LogP contribution in [-0.2, 0) is 11.3 Å². The Kier molecular flexibility index (Phi) is 5.62. The molecule has 1 aromatic heterocycles. The second-order valence-electron chi connectivity index (χ2n) is 5.30. The summed E-state index contributed by atoms with van der Waals surface area (Å²) in [5.41, 5.74) is 0.948. The molecule has 0 fully saturated rings. The number of carbonyl (C=O) groups excluding carboxylic acids is 1. The Bertz CT molecular complexity index is 752. The Hall–Kier alpha value is -2.50. The van der Waals surface area contributed by atoms with Gasteiger partial charge in [0.25, 0.3) is 5.56 Å². The third kappa shape index (κ3) is 4.03. The third-order valence-electron chi connectivity index (χ3n) is 3.66. The van der Waals surface area contributed by atoms with E-state index < -0.39 is 0 Å². The fourth-order valence-corrected chi connectivity index (χ4v) is 2.33. The Morgan fingerprint density at radius 3 is 2.52 bits per heavy atom. The van der Waals surface area contributed by atoms with Gasteiger partial charge in [-0.15, -0.1) is 0 Å². The number of benzene rings is 1. The van der Waals surface area contributed by atoms with Gasteiger partial charge in [0.05, 0.1) is 19.7 Å². The first-order valence-corrected chi connectivity index (χ1v) is 7.63. The van der Waals surface area contributed by atoms with Gasteiger partial charge in [-0.1, -0.05) is 13.3 Å². The molecule has 0 aliphatic rings. The van der Waals surface area contributed by atoms with E-state index >= 15 is 0 Å². The number of rotatable bonds is 7. The first-order valence-electron chi connectivity index (χ1n) is 7.63. The lowest BCUT2D eigenvalue weighted by Gasteiger charge is -2.10. The van der Waals surface area contributed by atoms with Crippen LogP contribution in [0.5, 0.6) is 11.5 Å². The van der Waals surface area contributed by atoms with Crippen molar-refractivity contribution >= 4 is 16.8 Å². The van der Waals surface area contributed by atoms with E-state index in [0.29, 0.717) is 29.0 Å². The average Bonchev–Trinajstić information content (AvgIpc) is 2.56. The molecule has 1 heterocycles. The van der Waals surface area contributed by atoms with E-state index in [0.717, 1.165) is 18.2 Å². The monoisotopic (exact) mass is 318 g/mol. The molecule has 6 nitrogen and oxygen atoms in total. The zero-order valence-electron chi connectivity index (χ0n) is 13.7. The first kappa shape index (κ1) is 16.9. The zero-order valence-corrected chi connectivity index (χ0v) is 13.7. The number of carbonyl (C=O) groups is 1. The van der Waals surface area contributed by atoms with Crippen molar-refractivity contribution in [1.82, 2.24) is 10.3 Å². The van der Waals surface area contributed by atoms with E-state index in [9.17, 15) is 9.59 Å². The molecular formula is C17H22N2O4. The largest absolute Gasteiger partial charge is 0.493 e. The number of ether oxygens (including phenoxy) is 2. The van der Waals surface area contributed by atoms with Gasteiger partial charge in [-0.25, -0.2) is 0 Å². The molecule has 2 rings (SSSR count). The van der Waals surface area contributed by atoms with E-state index in [1.807, 2.05) is 6.92 Å². The van der Waals surface area contributed by atoms with Crippen LogP contribution in [0.15, 0.2) is 23.0 Å². The zero-order chi connectivity index (χ0) is 16.8. The maximum Gasteiger partial charge on any atom is 0.253 e. The number of nitrogens with one attached hydrogen (secondary N) is 2. The SMILES string of the molecule is CCCCC(=O)NCc1cc2cc(OC)c(OC)cc2[nH]c1=O. The van der Waals surface area contributed by atoms with Crippen LogP contribution in [0.2, 0.25) is 0 Å². The van der Waals surface area contributed by atoms with Crippen LogP contribution in [0.4, 0.5) is 0 Å². The summed E-state index contributed by atoms with van der Waals surface area (Å²) in [5, 5.41) is 3.60. The summed E-state index contributed by atoms with van der Waals surface area (Å²) >= 11 is 0. The summed E-state index contributed by atoms with van der Waals surface area (Å²) in [6.45, 7) is 2.24. The molecule has 23 heavy (non-hydrogen) atoms. The van der Waals surface area contributed by atoms with Crippen LogP contribution in [0.25, 0.3) is 10.9 Å². The summed E-state index contributed by atoms with van der Waals surface area (Å²) < 4.78 is 10.5. The Morgan fingerprint density at radius 2 is 1.87 bits per heavy atom. The molecule has 0 spiro atoms. The molecule has 0 aliphatic heterocycles. The molecule has 2 aromatic rings. The van der Waals surface area contributed by atoms with Crippen molar-refractivity contribution in [3.63, 3.8) is 0 Å². The van der Waals surface area contributed by atoms with Gasteiger partial charge in [-0.3, -0.25) is 9.59 Å². The standard InChI is InChI=1S/C17H22N2O4/c1-4-5-6-16(20)18-10-12-7-11-8-14(22-2)15(23-3)9-13(11)19-17(12)21/h7-9H,4-6,10H2,1-3H3,(H,18,20)(H,19,21). The van der Waals surface area contributed by atoms with E-state index in [2.05, 4.69) is 10.3 Å². The number of H-pyrrole nitrogens is 1. The van der Waals surface area contributed by atoms with E-state index in [1.54, 1.807) is 32.4 Å². The number of fused-ring (bicyclic) bond motifs is 1. The van der Waals surface area contributed by atoms with Gasteiger partial charge in [0.2, 0.25) is 5.91 Å². The van der Waals surface area contributed by atoms with Crippen molar-refractivity contribution in [2.45, 2.75) is 32.7 Å². The van der Waals surface area contributed by atoms with Crippen molar-refractivity contribution in [2.24, 2.45) is 0 Å². The highest BCUT2D eigenvalue weighted by atomic mass is 16.5. The molecule has 124 valence electrons. The van der Waals surface area contributed by atoms with Crippen LogP contribution >= 0.6 is 0 Å². The highest BCUT2D eigenvalue weighted by molar-refractivity contribution is 5.83. The number of hydrogen-bond donors (Lipinski definition) is 2. The lowest BCUT2D eigenvalue weighted by atomic mass is 10.1. The van der Waals surface area contributed by atoms with Crippen LogP contribution in [-0.4, -0.2) is 25.1 Å². The van der Waals surface area contributed by atoms with E-state index in [-0.39, 0.29) is 18.0 Å². The molecule has 1 amide bonds. The van der Waals surface area contributed by atoms with Crippen molar-refractivity contribution < 1.29 is 14.3 Å². The minimum atomic E-state index is -0.222. The van der Waals surface area contributed by atoms with Crippen molar-refractivity contribution in [3.8, 4) is 11.5 Å². The third-order valence-corrected chi connectivity index (χ3v) is 3.66. The number of aromatic amines is 1. The summed E-state index contributed by atoms with van der Waals surface area (Å²) in [7, 11) is 3.10. The summed E-state index contributed by atoms with van der Waals surface area (Å²) in [6, 6.07) is 5.28. The molecule has 0 atom stereocenters. The fourth-order valence-electron chi connectivity index (χ4n) is 2.33. The Morgan fingerprint density at radius 1 is 1.17 bits per heavy atom. The predicted molar refractivity (Wildman–Crippen MR) is 89.0 cm³/mol. The summed E-state index contributed by atoms with van der Waals surface area (Å²) in [6.07, 6.45) is 2.29. The molecule has 0 unspecified atom stereocenters. The van der Waals surface area contributed by atoms with Crippen LogP contribution in [0.1, 0.15) is 31.7 Å². The number of unbranched alkanes of at least 4 members (excludes halogenated alkanes) is 1. The molecule has 2 N–H and O–H groups in total. The van der Waals surface area contributed by atoms with Crippen LogP contribution in [0.3, 0.4) is 0 Å². The van der Waals surface area contributed by atoms with Gasteiger partial charge in [0.1, 0.15) is 0 Å². The van der Waals surface area contributed by atoms with Crippen LogP contribution < -0.4 is 20.3 Å². The summed E-state index contributed by atoms with van der Waals surface area (Å²) in [4.78, 5) is 26.6. The number of pyridine rings is 1. The summed E-state index contributed by atoms with van der Waals surface area (Å²) in [5.74, 6) is 1.10. The molecule has 0 bridgehead atoms. The highest BCUT2D eigenvalue weighted by Gasteiger charge is 2.10. The van der Waals surface area contributed by atoms with Crippen LogP contribution in [0, 0.1) is 0 Å².